The molecule has 1 saturated heterocycles. The molecule has 0 bridgehead atoms. The van der Waals surface area contributed by atoms with Crippen LogP contribution in [0.1, 0.15) is 21.6 Å². The van der Waals surface area contributed by atoms with E-state index < -0.39 is 0 Å². The first kappa shape index (κ1) is 15.6. The summed E-state index contributed by atoms with van der Waals surface area (Å²) < 4.78 is 13.6. The van der Waals surface area contributed by atoms with Gasteiger partial charge in [0.25, 0.3) is 5.91 Å². The van der Waals surface area contributed by atoms with Crippen LogP contribution in [0, 0.1) is 12.7 Å². The Morgan fingerprint density at radius 2 is 1.96 bits per heavy atom. The quantitative estimate of drug-likeness (QED) is 0.873. The van der Waals surface area contributed by atoms with Crippen LogP contribution in [0.3, 0.4) is 0 Å². The predicted octanol–water partition coefficient (Wildman–Crippen LogP) is 2.49. The highest BCUT2D eigenvalue weighted by atomic mass is 19.1. The van der Waals surface area contributed by atoms with Crippen molar-refractivity contribution in [3.05, 3.63) is 65.2 Å². The van der Waals surface area contributed by atoms with Gasteiger partial charge >= 0.3 is 0 Å². The van der Waals surface area contributed by atoms with Crippen molar-refractivity contribution in [2.75, 3.05) is 26.2 Å². The molecule has 0 radical (unpaired) electrons. The summed E-state index contributed by atoms with van der Waals surface area (Å²) in [6.07, 6.45) is 1.79. The number of amides is 1. The molecular formula is C18H20FN3O. The van der Waals surface area contributed by atoms with Crippen molar-refractivity contribution >= 4 is 5.91 Å². The lowest BCUT2D eigenvalue weighted by Gasteiger charge is -2.34. The Kier molecular flexibility index (Phi) is 4.67. The van der Waals surface area contributed by atoms with Gasteiger partial charge in [-0.15, -0.1) is 0 Å². The number of carbonyl (C=O) groups is 1. The van der Waals surface area contributed by atoms with Gasteiger partial charge in [-0.3, -0.25) is 14.7 Å². The highest BCUT2D eigenvalue weighted by Crippen LogP contribution is 2.14. The average molecular weight is 313 g/mol. The maximum absolute atomic E-state index is 13.6. The van der Waals surface area contributed by atoms with Gasteiger partial charge in [-0.1, -0.05) is 12.1 Å². The van der Waals surface area contributed by atoms with Crippen LogP contribution < -0.4 is 0 Å². The SMILES string of the molecule is Cc1ccc(C(=O)N2CCN(Cc3ccccn3)CC2)cc1F. The predicted molar refractivity (Wildman–Crippen MR) is 86.6 cm³/mol. The van der Waals surface area contributed by atoms with Crippen LogP contribution in [0.15, 0.2) is 42.6 Å². The molecule has 3 rings (SSSR count). The fourth-order valence-electron chi connectivity index (χ4n) is 2.74. The zero-order valence-corrected chi connectivity index (χ0v) is 13.2. The first-order chi connectivity index (χ1) is 11.1. The molecule has 1 aromatic heterocycles. The largest absolute Gasteiger partial charge is 0.336 e. The van der Waals surface area contributed by atoms with Crippen molar-refractivity contribution in [3.8, 4) is 0 Å². The monoisotopic (exact) mass is 313 g/mol. The zero-order chi connectivity index (χ0) is 16.2. The van der Waals surface area contributed by atoms with Crippen LogP contribution in [0.25, 0.3) is 0 Å². The molecule has 0 spiro atoms. The number of rotatable bonds is 3. The standard InChI is InChI=1S/C18H20FN3O/c1-14-5-6-15(12-17(14)19)18(23)22-10-8-21(9-11-22)13-16-4-2-3-7-20-16/h2-7,12H,8-11,13H2,1H3. The Balaban J connectivity index is 1.58. The molecule has 5 heteroatoms. The second-order valence-electron chi connectivity index (χ2n) is 5.85. The molecule has 1 aliphatic rings. The van der Waals surface area contributed by atoms with E-state index in [0.717, 1.165) is 25.3 Å². The number of aryl methyl sites for hydroxylation is 1. The number of nitrogens with zero attached hydrogens (tertiary/aromatic N) is 3. The lowest BCUT2D eigenvalue weighted by Crippen LogP contribution is -2.48. The summed E-state index contributed by atoms with van der Waals surface area (Å²) in [5.41, 5.74) is 2.01. The Bertz CT molecular complexity index is 682. The average Bonchev–Trinajstić information content (AvgIpc) is 2.58. The number of piperazine rings is 1. The van der Waals surface area contributed by atoms with Gasteiger partial charge in [0.05, 0.1) is 5.69 Å². The van der Waals surface area contributed by atoms with Crippen LogP contribution in [-0.2, 0) is 6.54 Å². The third kappa shape index (κ3) is 3.74. The van der Waals surface area contributed by atoms with E-state index in [1.807, 2.05) is 18.2 Å². The molecule has 2 heterocycles. The second-order valence-corrected chi connectivity index (χ2v) is 5.85. The molecule has 2 aromatic rings. The van der Waals surface area contributed by atoms with Gasteiger partial charge in [0.15, 0.2) is 0 Å². The number of hydrogen-bond donors (Lipinski definition) is 0. The van der Waals surface area contributed by atoms with E-state index in [9.17, 15) is 9.18 Å². The number of hydrogen-bond acceptors (Lipinski definition) is 3. The van der Waals surface area contributed by atoms with Crippen LogP contribution in [0.5, 0.6) is 0 Å². The third-order valence-electron chi connectivity index (χ3n) is 4.19. The van der Waals surface area contributed by atoms with Crippen molar-refractivity contribution < 1.29 is 9.18 Å². The summed E-state index contributed by atoms with van der Waals surface area (Å²) in [4.78, 5) is 20.9. The van der Waals surface area contributed by atoms with Gasteiger partial charge in [-0.25, -0.2) is 4.39 Å². The molecule has 0 N–H and O–H groups in total. The summed E-state index contributed by atoms with van der Waals surface area (Å²) in [7, 11) is 0. The summed E-state index contributed by atoms with van der Waals surface area (Å²) in [5, 5.41) is 0. The zero-order valence-electron chi connectivity index (χ0n) is 13.2. The molecule has 1 fully saturated rings. The number of halogens is 1. The van der Waals surface area contributed by atoms with Crippen molar-refractivity contribution in [3.63, 3.8) is 0 Å². The van der Waals surface area contributed by atoms with Gasteiger partial charge < -0.3 is 4.90 Å². The van der Waals surface area contributed by atoms with Crippen molar-refractivity contribution in [2.24, 2.45) is 0 Å². The van der Waals surface area contributed by atoms with E-state index in [2.05, 4.69) is 9.88 Å². The first-order valence-electron chi connectivity index (χ1n) is 7.81. The molecule has 0 unspecified atom stereocenters. The first-order valence-corrected chi connectivity index (χ1v) is 7.81. The fraction of sp³-hybridized carbons (Fsp3) is 0.333. The van der Waals surface area contributed by atoms with Gasteiger partial charge in [-0.2, -0.15) is 0 Å². The van der Waals surface area contributed by atoms with Crippen molar-refractivity contribution in [1.82, 2.24) is 14.8 Å². The minimum atomic E-state index is -0.329. The Morgan fingerprint density at radius 1 is 1.17 bits per heavy atom. The number of benzene rings is 1. The summed E-state index contributed by atoms with van der Waals surface area (Å²) in [6, 6.07) is 10.6. The number of pyridine rings is 1. The molecule has 1 aliphatic heterocycles. The van der Waals surface area contributed by atoms with E-state index in [4.69, 9.17) is 0 Å². The highest BCUT2D eigenvalue weighted by Gasteiger charge is 2.22. The molecule has 1 aromatic carbocycles. The van der Waals surface area contributed by atoms with Gasteiger partial charge in [0.2, 0.25) is 0 Å². The third-order valence-corrected chi connectivity index (χ3v) is 4.19. The molecule has 0 aliphatic carbocycles. The van der Waals surface area contributed by atoms with Crippen LogP contribution >= 0.6 is 0 Å². The minimum absolute atomic E-state index is 0.0959. The summed E-state index contributed by atoms with van der Waals surface area (Å²) >= 11 is 0. The number of carbonyl (C=O) groups excluding carboxylic acids is 1. The lowest BCUT2D eigenvalue weighted by atomic mass is 10.1. The van der Waals surface area contributed by atoms with Crippen LogP contribution in [-0.4, -0.2) is 46.9 Å². The van der Waals surface area contributed by atoms with E-state index in [1.54, 1.807) is 30.2 Å². The molecular weight excluding hydrogens is 293 g/mol. The molecule has 0 saturated carbocycles. The summed E-state index contributed by atoms with van der Waals surface area (Å²) in [5.74, 6) is -0.425. The lowest BCUT2D eigenvalue weighted by molar-refractivity contribution is 0.0626. The second kappa shape index (κ2) is 6.87. The van der Waals surface area contributed by atoms with E-state index in [0.29, 0.717) is 24.2 Å². The van der Waals surface area contributed by atoms with Crippen molar-refractivity contribution in [2.45, 2.75) is 13.5 Å². The topological polar surface area (TPSA) is 36.4 Å². The van der Waals surface area contributed by atoms with E-state index in [-0.39, 0.29) is 11.7 Å². The Hall–Kier alpha value is -2.27. The van der Waals surface area contributed by atoms with E-state index >= 15 is 0 Å². The highest BCUT2D eigenvalue weighted by molar-refractivity contribution is 5.94. The van der Waals surface area contributed by atoms with Gasteiger partial charge in [0.1, 0.15) is 5.82 Å². The Morgan fingerprint density at radius 3 is 2.61 bits per heavy atom. The smallest absolute Gasteiger partial charge is 0.254 e. The molecule has 23 heavy (non-hydrogen) atoms. The maximum Gasteiger partial charge on any atom is 0.254 e. The molecule has 1 amide bonds. The molecule has 0 atom stereocenters. The Labute approximate surface area is 135 Å². The van der Waals surface area contributed by atoms with Crippen LogP contribution in [0.4, 0.5) is 4.39 Å². The molecule has 120 valence electrons. The minimum Gasteiger partial charge on any atom is -0.336 e. The summed E-state index contributed by atoms with van der Waals surface area (Å²) in [6.45, 7) is 5.40. The number of aromatic nitrogens is 1. The van der Waals surface area contributed by atoms with E-state index in [1.165, 1.54) is 6.07 Å². The normalized spacial score (nSPS) is 15.7. The molecule has 4 nitrogen and oxygen atoms in total. The van der Waals surface area contributed by atoms with Crippen LogP contribution in [0.2, 0.25) is 0 Å². The van der Waals surface area contributed by atoms with Crippen molar-refractivity contribution in [1.29, 1.82) is 0 Å². The van der Waals surface area contributed by atoms with Gasteiger partial charge in [0, 0.05) is 44.5 Å². The van der Waals surface area contributed by atoms with Gasteiger partial charge in [-0.05, 0) is 36.8 Å². The fourth-order valence-corrected chi connectivity index (χ4v) is 2.74. The maximum atomic E-state index is 13.6.